The first-order valence-electron chi connectivity index (χ1n) is 4.58. The maximum atomic E-state index is 5.60. The summed E-state index contributed by atoms with van der Waals surface area (Å²) in [5.41, 5.74) is 6.95. The summed E-state index contributed by atoms with van der Waals surface area (Å²) < 4.78 is 0. The van der Waals surface area contributed by atoms with Crippen molar-refractivity contribution in [3.8, 4) is 12.3 Å². The first-order chi connectivity index (χ1) is 6.33. The topological polar surface area (TPSA) is 26.0 Å². The average Bonchev–Trinajstić information content (AvgIpc) is 2.19. The quantitative estimate of drug-likeness (QED) is 0.692. The van der Waals surface area contributed by atoms with Crippen LogP contribution in [0.15, 0.2) is 30.3 Å². The van der Waals surface area contributed by atoms with Crippen LogP contribution < -0.4 is 5.73 Å². The number of aryl methyl sites for hydroxylation is 1. The van der Waals surface area contributed by atoms with Crippen LogP contribution in [0.2, 0.25) is 0 Å². The van der Waals surface area contributed by atoms with E-state index in [9.17, 15) is 0 Å². The van der Waals surface area contributed by atoms with Crippen molar-refractivity contribution in [1.29, 1.82) is 0 Å². The monoisotopic (exact) mass is 173 g/mol. The third-order valence-corrected chi connectivity index (χ3v) is 2.04. The standard InChI is InChI=1S/C12H15N/c1-2-12(13)10-6-9-11-7-4-3-5-8-11/h1,3-5,7-8,12H,6,9-10,13H2. The Balaban J connectivity index is 2.25. The summed E-state index contributed by atoms with van der Waals surface area (Å²) >= 11 is 0. The predicted molar refractivity (Wildman–Crippen MR) is 56.2 cm³/mol. The molecule has 0 aliphatic rings. The molecule has 1 aromatic rings. The van der Waals surface area contributed by atoms with Gasteiger partial charge in [0.15, 0.2) is 0 Å². The Kier molecular flexibility index (Phi) is 4.08. The number of rotatable bonds is 4. The van der Waals surface area contributed by atoms with Crippen LogP contribution in [0, 0.1) is 12.3 Å². The lowest BCUT2D eigenvalue weighted by molar-refractivity contribution is 0.680. The highest BCUT2D eigenvalue weighted by Crippen LogP contribution is 2.05. The highest BCUT2D eigenvalue weighted by molar-refractivity contribution is 5.14. The second-order valence-electron chi connectivity index (χ2n) is 3.15. The van der Waals surface area contributed by atoms with Gasteiger partial charge >= 0.3 is 0 Å². The van der Waals surface area contributed by atoms with Gasteiger partial charge in [-0.05, 0) is 24.8 Å². The molecular weight excluding hydrogens is 158 g/mol. The number of hydrogen-bond donors (Lipinski definition) is 1. The Morgan fingerprint density at radius 2 is 2.00 bits per heavy atom. The summed E-state index contributed by atoms with van der Waals surface area (Å²) in [5.74, 6) is 2.53. The zero-order valence-corrected chi connectivity index (χ0v) is 7.74. The van der Waals surface area contributed by atoms with Crippen molar-refractivity contribution in [3.63, 3.8) is 0 Å². The van der Waals surface area contributed by atoms with Gasteiger partial charge in [-0.2, -0.15) is 0 Å². The summed E-state index contributed by atoms with van der Waals surface area (Å²) in [7, 11) is 0. The van der Waals surface area contributed by atoms with Gasteiger partial charge in [-0.25, -0.2) is 0 Å². The first-order valence-corrected chi connectivity index (χ1v) is 4.58. The second kappa shape index (κ2) is 5.40. The van der Waals surface area contributed by atoms with Crippen molar-refractivity contribution in [2.45, 2.75) is 25.3 Å². The van der Waals surface area contributed by atoms with Gasteiger partial charge in [0.25, 0.3) is 0 Å². The Morgan fingerprint density at radius 3 is 2.62 bits per heavy atom. The molecule has 1 atom stereocenters. The number of nitrogens with two attached hydrogens (primary N) is 1. The smallest absolute Gasteiger partial charge is 0.0662 e. The molecule has 2 N–H and O–H groups in total. The van der Waals surface area contributed by atoms with Gasteiger partial charge in [0.2, 0.25) is 0 Å². The lowest BCUT2D eigenvalue weighted by Crippen LogP contribution is -2.16. The summed E-state index contributed by atoms with van der Waals surface area (Å²) in [6.45, 7) is 0. The first kappa shape index (κ1) is 9.83. The van der Waals surface area contributed by atoms with E-state index in [0.717, 1.165) is 19.3 Å². The molecule has 0 aliphatic carbocycles. The Hall–Kier alpha value is -1.26. The third-order valence-electron chi connectivity index (χ3n) is 2.04. The Morgan fingerprint density at radius 1 is 1.31 bits per heavy atom. The van der Waals surface area contributed by atoms with Crippen molar-refractivity contribution in [2.75, 3.05) is 0 Å². The molecule has 1 nitrogen and oxygen atoms in total. The van der Waals surface area contributed by atoms with Crippen LogP contribution in [-0.2, 0) is 6.42 Å². The van der Waals surface area contributed by atoms with Crippen LogP contribution in [0.1, 0.15) is 18.4 Å². The van der Waals surface area contributed by atoms with Crippen LogP contribution in [0.4, 0.5) is 0 Å². The maximum absolute atomic E-state index is 5.60. The minimum atomic E-state index is -0.0799. The molecule has 0 bridgehead atoms. The van der Waals surface area contributed by atoms with E-state index in [2.05, 4.69) is 30.2 Å². The molecule has 0 radical (unpaired) electrons. The van der Waals surface area contributed by atoms with Crippen molar-refractivity contribution in [3.05, 3.63) is 35.9 Å². The summed E-state index contributed by atoms with van der Waals surface area (Å²) in [4.78, 5) is 0. The van der Waals surface area contributed by atoms with Crippen molar-refractivity contribution < 1.29 is 0 Å². The molecule has 13 heavy (non-hydrogen) atoms. The van der Waals surface area contributed by atoms with Gasteiger partial charge in [-0.3, -0.25) is 0 Å². The molecule has 0 spiro atoms. The van der Waals surface area contributed by atoms with Crippen LogP contribution in [0.5, 0.6) is 0 Å². The fraction of sp³-hybridized carbons (Fsp3) is 0.333. The molecule has 68 valence electrons. The van der Waals surface area contributed by atoms with E-state index < -0.39 is 0 Å². The fourth-order valence-corrected chi connectivity index (χ4v) is 1.25. The highest BCUT2D eigenvalue weighted by Gasteiger charge is 1.97. The SMILES string of the molecule is C#CC(N)CCCc1ccccc1. The molecule has 0 aromatic heterocycles. The molecule has 0 aliphatic heterocycles. The van der Waals surface area contributed by atoms with Crippen LogP contribution in [-0.4, -0.2) is 6.04 Å². The molecule has 0 fully saturated rings. The molecule has 0 saturated heterocycles. The van der Waals surface area contributed by atoms with Gasteiger partial charge in [0.1, 0.15) is 0 Å². The van der Waals surface area contributed by atoms with Gasteiger partial charge in [0, 0.05) is 0 Å². The number of terminal acetylenes is 1. The van der Waals surface area contributed by atoms with Crippen LogP contribution in [0.25, 0.3) is 0 Å². The molecular formula is C12H15N. The highest BCUT2D eigenvalue weighted by atomic mass is 14.6. The molecule has 1 unspecified atom stereocenters. The lowest BCUT2D eigenvalue weighted by atomic mass is 10.1. The zero-order valence-electron chi connectivity index (χ0n) is 7.74. The Bertz CT molecular complexity index is 271. The molecule has 1 heteroatoms. The van der Waals surface area contributed by atoms with E-state index in [1.165, 1.54) is 5.56 Å². The average molecular weight is 173 g/mol. The third kappa shape index (κ3) is 3.78. The van der Waals surface area contributed by atoms with E-state index in [1.54, 1.807) is 0 Å². The van der Waals surface area contributed by atoms with Crippen LogP contribution in [0.3, 0.4) is 0 Å². The normalized spacial score (nSPS) is 12.0. The molecule has 0 amide bonds. The minimum absolute atomic E-state index is 0.0799. The van der Waals surface area contributed by atoms with Crippen LogP contribution >= 0.6 is 0 Å². The van der Waals surface area contributed by atoms with E-state index in [4.69, 9.17) is 12.2 Å². The maximum Gasteiger partial charge on any atom is 0.0662 e. The van der Waals surface area contributed by atoms with E-state index in [-0.39, 0.29) is 6.04 Å². The van der Waals surface area contributed by atoms with Gasteiger partial charge < -0.3 is 5.73 Å². The van der Waals surface area contributed by atoms with Gasteiger partial charge in [-0.15, -0.1) is 6.42 Å². The van der Waals surface area contributed by atoms with E-state index >= 15 is 0 Å². The second-order valence-corrected chi connectivity index (χ2v) is 3.15. The van der Waals surface area contributed by atoms with Crippen molar-refractivity contribution in [1.82, 2.24) is 0 Å². The molecule has 0 saturated carbocycles. The minimum Gasteiger partial charge on any atom is -0.318 e. The molecule has 0 heterocycles. The summed E-state index contributed by atoms with van der Waals surface area (Å²) in [6, 6.07) is 10.3. The predicted octanol–water partition coefficient (Wildman–Crippen LogP) is 1.97. The largest absolute Gasteiger partial charge is 0.318 e. The summed E-state index contributed by atoms with van der Waals surface area (Å²) in [6.07, 6.45) is 8.22. The van der Waals surface area contributed by atoms with Gasteiger partial charge in [0.05, 0.1) is 6.04 Å². The molecule has 1 rings (SSSR count). The van der Waals surface area contributed by atoms with Crippen molar-refractivity contribution in [2.24, 2.45) is 5.73 Å². The Labute approximate surface area is 80.0 Å². The van der Waals surface area contributed by atoms with E-state index in [0.29, 0.717) is 0 Å². The van der Waals surface area contributed by atoms with Gasteiger partial charge in [-0.1, -0.05) is 36.3 Å². The van der Waals surface area contributed by atoms with Crippen molar-refractivity contribution >= 4 is 0 Å². The lowest BCUT2D eigenvalue weighted by Gasteiger charge is -2.03. The zero-order chi connectivity index (χ0) is 9.52. The number of benzene rings is 1. The van der Waals surface area contributed by atoms with E-state index in [1.807, 2.05) is 6.07 Å². The number of hydrogen-bond acceptors (Lipinski definition) is 1. The summed E-state index contributed by atoms with van der Waals surface area (Å²) in [5, 5.41) is 0. The molecule has 1 aromatic carbocycles. The fourth-order valence-electron chi connectivity index (χ4n) is 1.25.